The number of hydrogen-bond donors (Lipinski definition) is 2. The van der Waals surface area contributed by atoms with Crippen LogP contribution in [0.1, 0.15) is 12.5 Å². The van der Waals surface area contributed by atoms with Gasteiger partial charge in [0.15, 0.2) is 0 Å². The Bertz CT molecular complexity index is 869. The van der Waals surface area contributed by atoms with Crippen LogP contribution in [0.2, 0.25) is 0 Å². The molecule has 0 saturated heterocycles. The molecule has 0 radical (unpaired) electrons. The predicted octanol–water partition coefficient (Wildman–Crippen LogP) is 1.38. The van der Waals surface area contributed by atoms with Gasteiger partial charge >= 0.3 is 0 Å². The molecule has 23 heavy (non-hydrogen) atoms. The van der Waals surface area contributed by atoms with E-state index in [0.717, 1.165) is 25.1 Å². The van der Waals surface area contributed by atoms with Crippen molar-refractivity contribution in [3.05, 3.63) is 42.0 Å². The predicted molar refractivity (Wildman–Crippen MR) is 89.8 cm³/mol. The van der Waals surface area contributed by atoms with Gasteiger partial charge in [-0.25, -0.2) is 22.0 Å². The molecule has 0 saturated carbocycles. The largest absolute Gasteiger partial charge is 0.317 e. The van der Waals surface area contributed by atoms with Crippen LogP contribution in [-0.4, -0.2) is 29.9 Å². The summed E-state index contributed by atoms with van der Waals surface area (Å²) < 4.78 is 47.3. The first-order valence-corrected chi connectivity index (χ1v) is 10.8. The van der Waals surface area contributed by atoms with Gasteiger partial charge in [0, 0.05) is 0 Å². The fourth-order valence-electron chi connectivity index (χ4n) is 1.96. The molecule has 1 heterocycles. The third-order valence-electron chi connectivity index (χ3n) is 3.18. The number of rotatable bonds is 7. The van der Waals surface area contributed by atoms with Crippen LogP contribution in [-0.2, 0) is 26.3 Å². The molecule has 2 aromatic rings. The summed E-state index contributed by atoms with van der Waals surface area (Å²) in [5.74, 6) is 0. The lowest BCUT2D eigenvalue weighted by molar-refractivity contribution is 0.597. The molecule has 0 aliphatic carbocycles. The van der Waals surface area contributed by atoms with E-state index in [1.54, 1.807) is 12.1 Å². The average Bonchev–Trinajstić information content (AvgIpc) is 2.99. The molecule has 2 rings (SSSR count). The number of hydrogen-bond acceptors (Lipinski definition) is 6. The number of thiophene rings is 1. The maximum absolute atomic E-state index is 12.5. The summed E-state index contributed by atoms with van der Waals surface area (Å²) in [5, 5.41) is 8.21. The molecule has 6 nitrogen and oxygen atoms in total. The first-order valence-electron chi connectivity index (χ1n) is 6.92. The van der Waals surface area contributed by atoms with Crippen LogP contribution in [0.25, 0.3) is 0 Å². The average molecular weight is 375 g/mol. The van der Waals surface area contributed by atoms with E-state index in [1.807, 2.05) is 6.92 Å². The number of nitrogens with two attached hydrogens (primary N) is 1. The SMILES string of the molecule is CCNCCc1ccc(S(=O)(=O)c2ccc(S(N)(=O)=O)s2)cc1. The molecule has 0 spiro atoms. The van der Waals surface area contributed by atoms with Crippen molar-refractivity contribution >= 4 is 31.2 Å². The van der Waals surface area contributed by atoms with E-state index < -0.39 is 19.9 Å². The minimum absolute atomic E-state index is 0.0399. The molecule has 1 aromatic carbocycles. The summed E-state index contributed by atoms with van der Waals surface area (Å²) >= 11 is 0.652. The van der Waals surface area contributed by atoms with Gasteiger partial charge in [0.2, 0.25) is 19.9 Å². The van der Waals surface area contributed by atoms with E-state index in [1.165, 1.54) is 24.3 Å². The van der Waals surface area contributed by atoms with E-state index in [-0.39, 0.29) is 13.3 Å². The van der Waals surface area contributed by atoms with Gasteiger partial charge in [-0.15, -0.1) is 11.3 Å². The Balaban J connectivity index is 2.24. The maximum atomic E-state index is 12.5. The number of nitrogens with one attached hydrogen (secondary N) is 1. The Labute approximate surface area is 140 Å². The van der Waals surface area contributed by atoms with Gasteiger partial charge in [0.25, 0.3) is 0 Å². The highest BCUT2D eigenvalue weighted by molar-refractivity contribution is 7.95. The van der Waals surface area contributed by atoms with Gasteiger partial charge in [-0.3, -0.25) is 0 Å². The van der Waals surface area contributed by atoms with Gasteiger partial charge in [-0.1, -0.05) is 19.1 Å². The Morgan fingerprint density at radius 2 is 1.61 bits per heavy atom. The summed E-state index contributed by atoms with van der Waals surface area (Å²) in [7, 11) is -7.63. The van der Waals surface area contributed by atoms with Gasteiger partial charge in [-0.05, 0) is 49.3 Å². The van der Waals surface area contributed by atoms with Crippen LogP contribution in [0.5, 0.6) is 0 Å². The van der Waals surface area contributed by atoms with Gasteiger partial charge in [0.1, 0.15) is 8.42 Å². The molecule has 0 fully saturated rings. The second-order valence-electron chi connectivity index (χ2n) is 4.87. The van der Waals surface area contributed by atoms with Crippen LogP contribution >= 0.6 is 11.3 Å². The Morgan fingerprint density at radius 3 is 2.13 bits per heavy atom. The van der Waals surface area contributed by atoms with Crippen molar-refractivity contribution < 1.29 is 16.8 Å². The highest BCUT2D eigenvalue weighted by Gasteiger charge is 2.22. The van der Waals surface area contributed by atoms with Crippen molar-refractivity contribution in [3.63, 3.8) is 0 Å². The molecule has 0 atom stereocenters. The summed E-state index contributed by atoms with van der Waals surface area (Å²) in [6.45, 7) is 3.73. The van der Waals surface area contributed by atoms with E-state index in [0.29, 0.717) is 11.3 Å². The Hall–Kier alpha value is -1.26. The number of likely N-dealkylation sites (N-methyl/N-ethyl adjacent to an activating group) is 1. The van der Waals surface area contributed by atoms with Crippen LogP contribution in [0.15, 0.2) is 49.7 Å². The third-order valence-corrected chi connectivity index (χ3v) is 7.96. The summed E-state index contributed by atoms with van der Waals surface area (Å²) in [4.78, 5) is 0.132. The molecule has 0 aliphatic heterocycles. The molecule has 0 aliphatic rings. The molecule has 9 heteroatoms. The minimum Gasteiger partial charge on any atom is -0.317 e. The molecule has 0 amide bonds. The smallest absolute Gasteiger partial charge is 0.247 e. The zero-order valence-corrected chi connectivity index (χ0v) is 15.0. The highest BCUT2D eigenvalue weighted by Crippen LogP contribution is 2.29. The zero-order valence-electron chi connectivity index (χ0n) is 12.5. The van der Waals surface area contributed by atoms with Crippen LogP contribution in [0.4, 0.5) is 0 Å². The number of sulfone groups is 1. The van der Waals surface area contributed by atoms with Crippen LogP contribution in [0.3, 0.4) is 0 Å². The Morgan fingerprint density at radius 1 is 1.00 bits per heavy atom. The van der Waals surface area contributed by atoms with Gasteiger partial charge < -0.3 is 5.32 Å². The van der Waals surface area contributed by atoms with Gasteiger partial charge in [-0.2, -0.15) is 0 Å². The molecule has 126 valence electrons. The highest BCUT2D eigenvalue weighted by atomic mass is 32.3. The second kappa shape index (κ2) is 7.10. The summed E-state index contributed by atoms with van der Waals surface area (Å²) in [6, 6.07) is 9.06. The lowest BCUT2D eigenvalue weighted by Gasteiger charge is -2.05. The van der Waals surface area contributed by atoms with E-state index in [9.17, 15) is 16.8 Å². The monoisotopic (exact) mass is 374 g/mol. The maximum Gasteiger partial charge on any atom is 0.247 e. The normalized spacial score (nSPS) is 12.4. The molecular formula is C14H18N2O4S3. The van der Waals surface area contributed by atoms with Crippen molar-refractivity contribution in [1.29, 1.82) is 0 Å². The fourth-order valence-corrected chi connectivity index (χ4v) is 5.55. The molecular weight excluding hydrogens is 356 g/mol. The third kappa shape index (κ3) is 4.39. The zero-order chi connectivity index (χ0) is 17.1. The van der Waals surface area contributed by atoms with Crippen molar-refractivity contribution in [2.24, 2.45) is 5.14 Å². The first kappa shape index (κ1) is 18.1. The lowest BCUT2D eigenvalue weighted by atomic mass is 10.1. The number of sulfonamides is 1. The van der Waals surface area contributed by atoms with E-state index >= 15 is 0 Å². The Kier molecular flexibility index (Phi) is 5.58. The van der Waals surface area contributed by atoms with E-state index in [2.05, 4.69) is 5.32 Å². The van der Waals surface area contributed by atoms with Crippen molar-refractivity contribution in [1.82, 2.24) is 5.32 Å². The topological polar surface area (TPSA) is 106 Å². The van der Waals surface area contributed by atoms with Crippen molar-refractivity contribution in [3.8, 4) is 0 Å². The van der Waals surface area contributed by atoms with Crippen LogP contribution < -0.4 is 10.5 Å². The van der Waals surface area contributed by atoms with E-state index in [4.69, 9.17) is 5.14 Å². The first-order chi connectivity index (χ1) is 10.7. The summed E-state index contributed by atoms with van der Waals surface area (Å²) in [5.41, 5.74) is 1.03. The standard InChI is InChI=1S/C14H18N2O4S3/c1-2-16-10-9-11-3-5-12(6-4-11)22(17,18)13-7-8-14(21-13)23(15,19)20/h3-8,16H,2,9-10H2,1H3,(H2,15,19,20). The number of benzene rings is 1. The quantitative estimate of drug-likeness (QED) is 0.712. The fraction of sp³-hybridized carbons (Fsp3) is 0.286. The van der Waals surface area contributed by atoms with Crippen molar-refractivity contribution in [2.45, 2.75) is 26.7 Å². The molecule has 1 aromatic heterocycles. The van der Waals surface area contributed by atoms with Gasteiger partial charge in [0.05, 0.1) is 4.90 Å². The summed E-state index contributed by atoms with van der Waals surface area (Å²) in [6.07, 6.45) is 0.808. The molecule has 3 N–H and O–H groups in total. The second-order valence-corrected chi connectivity index (χ2v) is 9.92. The lowest BCUT2D eigenvalue weighted by Crippen LogP contribution is -2.16. The van der Waals surface area contributed by atoms with Crippen LogP contribution in [0, 0.1) is 0 Å². The van der Waals surface area contributed by atoms with Crippen molar-refractivity contribution in [2.75, 3.05) is 13.1 Å². The molecule has 0 bridgehead atoms. The number of primary sulfonamides is 1. The molecule has 0 unspecified atom stereocenters. The minimum atomic E-state index is -3.90.